The van der Waals surface area contributed by atoms with E-state index in [0.717, 1.165) is 41.7 Å². The molecule has 0 radical (unpaired) electrons. The van der Waals surface area contributed by atoms with Crippen molar-refractivity contribution in [3.05, 3.63) is 70.7 Å². The van der Waals surface area contributed by atoms with Gasteiger partial charge in [-0.25, -0.2) is 18.2 Å². The first-order valence-electron chi connectivity index (χ1n) is 10.0. The molecule has 2 aromatic carbocycles. The lowest BCUT2D eigenvalue weighted by molar-refractivity contribution is -0.204. The molecular formula is C21H18ClF3N4O5S2. The van der Waals surface area contributed by atoms with E-state index in [1.165, 1.54) is 31.3 Å². The largest absolute Gasteiger partial charge is 0.463 e. The third-order valence-corrected chi connectivity index (χ3v) is 6.95. The van der Waals surface area contributed by atoms with Gasteiger partial charge in [0.2, 0.25) is 0 Å². The van der Waals surface area contributed by atoms with Crippen LogP contribution in [0.25, 0.3) is 0 Å². The van der Waals surface area contributed by atoms with Gasteiger partial charge in [0.25, 0.3) is 15.9 Å². The topological polar surface area (TPSA) is 126 Å². The number of sulfonamides is 1. The van der Waals surface area contributed by atoms with Crippen LogP contribution in [0, 0.1) is 0 Å². The highest BCUT2D eigenvalue weighted by Gasteiger charge is 2.63. The van der Waals surface area contributed by atoms with E-state index in [4.69, 9.17) is 11.6 Å². The van der Waals surface area contributed by atoms with Crippen molar-refractivity contribution in [2.24, 2.45) is 0 Å². The number of aromatic nitrogens is 1. The van der Waals surface area contributed by atoms with Gasteiger partial charge in [0, 0.05) is 27.9 Å². The summed E-state index contributed by atoms with van der Waals surface area (Å²) in [6, 6.07) is 9.14. The summed E-state index contributed by atoms with van der Waals surface area (Å²) in [6.45, 7) is 0.887. The number of thiazole rings is 1. The Morgan fingerprint density at radius 2 is 1.83 bits per heavy atom. The van der Waals surface area contributed by atoms with Gasteiger partial charge >= 0.3 is 17.8 Å². The number of carbonyl (C=O) groups is 2. The van der Waals surface area contributed by atoms with Gasteiger partial charge in [0.15, 0.2) is 5.13 Å². The number of hydrogen-bond donors (Lipinski definition) is 3. The summed E-state index contributed by atoms with van der Waals surface area (Å²) in [5, 5.41) is 5.38. The molecule has 0 saturated carbocycles. The fraction of sp³-hybridized carbons (Fsp3) is 0.190. The lowest BCUT2D eigenvalue weighted by atomic mass is 10.1. The standard InChI is InChI=1S/C21H18ClF3N4O5S2/c1-2-34-18(31)20(21(23,24)25,28-17(30)13-4-3-5-14(22)12-13)27-15-6-8-16(9-7-15)36(32,33)29-19-26-10-11-35-19/h3-12,27H,2H2,1H3,(H,26,29)(H,28,30). The number of alkyl halides is 3. The maximum atomic E-state index is 14.4. The van der Waals surface area contributed by atoms with Crippen molar-refractivity contribution in [1.29, 1.82) is 0 Å². The summed E-state index contributed by atoms with van der Waals surface area (Å²) in [5.41, 5.74) is -4.28. The molecule has 3 aromatic rings. The molecule has 1 unspecified atom stereocenters. The number of carbonyl (C=O) groups excluding carboxylic acids is 2. The minimum Gasteiger partial charge on any atom is -0.463 e. The van der Waals surface area contributed by atoms with Crippen LogP contribution in [-0.2, 0) is 19.6 Å². The van der Waals surface area contributed by atoms with E-state index in [1.54, 1.807) is 10.7 Å². The van der Waals surface area contributed by atoms with E-state index in [2.05, 4.69) is 14.4 Å². The number of halogens is 4. The zero-order valence-corrected chi connectivity index (χ0v) is 20.7. The average Bonchev–Trinajstić information content (AvgIpc) is 3.30. The minimum absolute atomic E-state index is 0.0903. The van der Waals surface area contributed by atoms with E-state index in [0.29, 0.717) is 0 Å². The van der Waals surface area contributed by atoms with E-state index in [-0.39, 0.29) is 26.3 Å². The van der Waals surface area contributed by atoms with Gasteiger partial charge in [-0.05, 0) is 49.4 Å². The first-order chi connectivity index (χ1) is 16.9. The molecular weight excluding hydrogens is 545 g/mol. The lowest BCUT2D eigenvalue weighted by Crippen LogP contribution is -2.69. The van der Waals surface area contributed by atoms with Crippen molar-refractivity contribution in [3.63, 3.8) is 0 Å². The second kappa shape index (κ2) is 10.7. The fourth-order valence-electron chi connectivity index (χ4n) is 2.88. The Bertz CT molecular complexity index is 1340. The van der Waals surface area contributed by atoms with E-state index in [9.17, 15) is 31.2 Å². The van der Waals surface area contributed by atoms with Crippen LogP contribution < -0.4 is 15.4 Å². The van der Waals surface area contributed by atoms with Crippen molar-refractivity contribution in [1.82, 2.24) is 10.3 Å². The number of rotatable bonds is 9. The SMILES string of the molecule is CCOC(=O)C(NC(=O)c1cccc(Cl)c1)(Nc1ccc(S(=O)(=O)Nc2nccs2)cc1)C(F)(F)F. The van der Waals surface area contributed by atoms with Crippen LogP contribution in [0.1, 0.15) is 17.3 Å². The third kappa shape index (κ3) is 6.06. The molecule has 0 bridgehead atoms. The molecule has 1 aromatic heterocycles. The van der Waals surface area contributed by atoms with Gasteiger partial charge in [-0.15, -0.1) is 11.3 Å². The highest BCUT2D eigenvalue weighted by Crippen LogP contribution is 2.34. The Labute approximate surface area is 212 Å². The second-order valence-corrected chi connectivity index (χ2v) is 10.0. The number of esters is 1. The van der Waals surface area contributed by atoms with Gasteiger partial charge < -0.3 is 15.4 Å². The molecule has 36 heavy (non-hydrogen) atoms. The lowest BCUT2D eigenvalue weighted by Gasteiger charge is -2.35. The number of nitrogens with one attached hydrogen (secondary N) is 3. The highest BCUT2D eigenvalue weighted by atomic mass is 35.5. The highest BCUT2D eigenvalue weighted by molar-refractivity contribution is 7.93. The Hall–Kier alpha value is -3.36. The quantitative estimate of drug-likeness (QED) is 0.263. The smallest absolute Gasteiger partial charge is 0.441 e. The first kappa shape index (κ1) is 27.2. The molecule has 0 aliphatic rings. The Kier molecular flexibility index (Phi) is 8.11. The van der Waals surface area contributed by atoms with Crippen LogP contribution in [0.5, 0.6) is 0 Å². The van der Waals surface area contributed by atoms with Crippen LogP contribution in [0.15, 0.2) is 65.0 Å². The Balaban J connectivity index is 1.96. The van der Waals surface area contributed by atoms with Gasteiger partial charge in [0.1, 0.15) is 0 Å². The summed E-state index contributed by atoms with van der Waals surface area (Å²) in [5.74, 6) is -3.09. The molecule has 1 amide bonds. The van der Waals surface area contributed by atoms with Gasteiger partial charge in [-0.2, -0.15) is 13.2 Å². The molecule has 192 valence electrons. The first-order valence-corrected chi connectivity index (χ1v) is 12.7. The summed E-state index contributed by atoms with van der Waals surface area (Å²) >= 11 is 6.85. The molecule has 1 atom stereocenters. The number of nitrogens with zero attached hydrogens (tertiary/aromatic N) is 1. The maximum Gasteiger partial charge on any atom is 0.441 e. The van der Waals surface area contributed by atoms with Crippen LogP contribution in [0.2, 0.25) is 5.02 Å². The molecule has 9 nitrogen and oxygen atoms in total. The van der Waals surface area contributed by atoms with E-state index in [1.807, 2.05) is 5.32 Å². The summed E-state index contributed by atoms with van der Waals surface area (Å²) < 4.78 is 74.9. The van der Waals surface area contributed by atoms with E-state index >= 15 is 0 Å². The molecule has 3 rings (SSSR count). The van der Waals surface area contributed by atoms with Crippen molar-refractivity contribution in [2.75, 3.05) is 16.6 Å². The number of benzene rings is 2. The number of ether oxygens (including phenoxy) is 1. The van der Waals surface area contributed by atoms with Gasteiger partial charge in [0.05, 0.1) is 11.5 Å². The molecule has 0 aliphatic heterocycles. The zero-order chi connectivity index (χ0) is 26.6. The van der Waals surface area contributed by atoms with Crippen molar-refractivity contribution in [3.8, 4) is 0 Å². The molecule has 1 heterocycles. The minimum atomic E-state index is -5.38. The summed E-state index contributed by atoms with van der Waals surface area (Å²) in [6.07, 6.45) is -4.00. The predicted molar refractivity (Wildman–Crippen MR) is 127 cm³/mol. The molecule has 15 heteroatoms. The van der Waals surface area contributed by atoms with E-state index < -0.39 is 40.3 Å². The summed E-state index contributed by atoms with van der Waals surface area (Å²) in [4.78, 5) is 28.8. The monoisotopic (exact) mass is 562 g/mol. The normalized spacial score (nSPS) is 13.4. The number of anilines is 2. The van der Waals surface area contributed by atoms with Gasteiger partial charge in [-0.3, -0.25) is 9.52 Å². The van der Waals surface area contributed by atoms with Crippen molar-refractivity contribution >= 4 is 55.7 Å². The maximum absolute atomic E-state index is 14.4. The number of amides is 1. The van der Waals surface area contributed by atoms with Crippen molar-refractivity contribution < 1.29 is 35.9 Å². The molecule has 0 spiro atoms. The third-order valence-electron chi connectivity index (χ3n) is 4.55. The average molecular weight is 563 g/mol. The molecule has 0 aliphatic carbocycles. The summed E-state index contributed by atoms with van der Waals surface area (Å²) in [7, 11) is -4.08. The predicted octanol–water partition coefficient (Wildman–Crippen LogP) is 4.26. The molecule has 0 saturated heterocycles. The Morgan fingerprint density at radius 3 is 2.39 bits per heavy atom. The zero-order valence-electron chi connectivity index (χ0n) is 18.3. The van der Waals surface area contributed by atoms with Crippen LogP contribution >= 0.6 is 22.9 Å². The van der Waals surface area contributed by atoms with Crippen LogP contribution in [0.4, 0.5) is 24.0 Å². The Morgan fingerprint density at radius 1 is 1.14 bits per heavy atom. The van der Waals surface area contributed by atoms with Crippen LogP contribution in [-0.4, -0.2) is 43.7 Å². The molecule has 0 fully saturated rings. The number of hydrogen-bond acceptors (Lipinski definition) is 8. The van der Waals surface area contributed by atoms with Gasteiger partial charge in [-0.1, -0.05) is 17.7 Å². The van der Waals surface area contributed by atoms with Crippen LogP contribution in [0.3, 0.4) is 0 Å². The second-order valence-electron chi connectivity index (χ2n) is 7.02. The fourth-order valence-corrected chi connectivity index (χ4v) is 4.86. The molecule has 3 N–H and O–H groups in total. The van der Waals surface area contributed by atoms with Crippen molar-refractivity contribution in [2.45, 2.75) is 23.7 Å².